The van der Waals surface area contributed by atoms with Crippen molar-refractivity contribution < 1.29 is 13.9 Å². The van der Waals surface area contributed by atoms with Gasteiger partial charge in [-0.25, -0.2) is 4.39 Å². The first-order valence-electron chi connectivity index (χ1n) is 8.06. The van der Waals surface area contributed by atoms with Gasteiger partial charge in [0.05, 0.1) is 7.11 Å². The van der Waals surface area contributed by atoms with Crippen molar-refractivity contribution in [2.75, 3.05) is 7.11 Å². The van der Waals surface area contributed by atoms with Crippen LogP contribution < -0.4 is 10.5 Å². The molecule has 1 aromatic heterocycles. The van der Waals surface area contributed by atoms with E-state index in [2.05, 4.69) is 24.0 Å². The predicted octanol–water partition coefficient (Wildman–Crippen LogP) is 2.79. The summed E-state index contributed by atoms with van der Waals surface area (Å²) in [5.74, 6) is 1.20. The van der Waals surface area contributed by atoms with Gasteiger partial charge in [0.1, 0.15) is 5.82 Å². The molecule has 6 nitrogen and oxygen atoms in total. The minimum absolute atomic E-state index is 0.227. The molecule has 0 aliphatic rings. The maximum Gasteiger partial charge on any atom is 0.217 e. The number of hydrogen-bond acceptors (Lipinski definition) is 5. The second-order valence-corrected chi connectivity index (χ2v) is 7.07. The number of methoxy groups -OCH3 is 1. The molecule has 0 aliphatic carbocycles. The topological polar surface area (TPSA) is 83.0 Å². The van der Waals surface area contributed by atoms with Gasteiger partial charge in [0.25, 0.3) is 0 Å². The summed E-state index contributed by atoms with van der Waals surface area (Å²) in [5, 5.41) is 9.17. The van der Waals surface area contributed by atoms with Crippen molar-refractivity contribution in [2.45, 2.75) is 44.1 Å². The zero-order valence-corrected chi connectivity index (χ0v) is 15.5. The van der Waals surface area contributed by atoms with E-state index in [1.54, 1.807) is 6.07 Å². The molecule has 2 aromatic rings. The minimum atomic E-state index is -0.383. The van der Waals surface area contributed by atoms with Crippen LogP contribution in [0.15, 0.2) is 23.4 Å². The van der Waals surface area contributed by atoms with Crippen LogP contribution in [0.4, 0.5) is 4.39 Å². The highest BCUT2D eigenvalue weighted by molar-refractivity contribution is 7.98. The molecule has 2 rings (SSSR count). The molecule has 1 aromatic carbocycles. The lowest BCUT2D eigenvalue weighted by molar-refractivity contribution is -0.118. The minimum Gasteiger partial charge on any atom is -0.494 e. The van der Waals surface area contributed by atoms with Crippen LogP contribution in [0, 0.1) is 11.7 Å². The molecule has 2 N–H and O–H groups in total. The van der Waals surface area contributed by atoms with Gasteiger partial charge in [-0.2, -0.15) is 0 Å². The number of carbonyl (C=O) groups is 1. The van der Waals surface area contributed by atoms with E-state index in [4.69, 9.17) is 10.5 Å². The highest BCUT2D eigenvalue weighted by Gasteiger charge is 2.15. The summed E-state index contributed by atoms with van der Waals surface area (Å²) in [6.45, 7) is 4.96. The zero-order valence-electron chi connectivity index (χ0n) is 14.7. The number of amides is 1. The van der Waals surface area contributed by atoms with Crippen LogP contribution in [-0.4, -0.2) is 27.8 Å². The second kappa shape index (κ2) is 8.84. The summed E-state index contributed by atoms with van der Waals surface area (Å²) < 4.78 is 20.7. The van der Waals surface area contributed by atoms with E-state index in [0.717, 1.165) is 23.1 Å². The van der Waals surface area contributed by atoms with Crippen LogP contribution in [0.5, 0.6) is 5.75 Å². The molecule has 0 aliphatic heterocycles. The molecular weight excluding hydrogens is 343 g/mol. The number of aryl methyl sites for hydroxylation is 1. The molecule has 0 saturated heterocycles. The van der Waals surface area contributed by atoms with E-state index >= 15 is 0 Å². The average molecular weight is 366 g/mol. The third-order valence-electron chi connectivity index (χ3n) is 3.52. The summed E-state index contributed by atoms with van der Waals surface area (Å²) in [7, 11) is 1.44. The number of nitrogens with two attached hydrogens (primary N) is 1. The summed E-state index contributed by atoms with van der Waals surface area (Å²) in [4.78, 5) is 11.0. The Kier molecular flexibility index (Phi) is 6.81. The quantitative estimate of drug-likeness (QED) is 0.690. The van der Waals surface area contributed by atoms with E-state index < -0.39 is 0 Å². The normalized spacial score (nSPS) is 11.1. The first-order chi connectivity index (χ1) is 11.9. The van der Waals surface area contributed by atoms with E-state index in [0.29, 0.717) is 18.1 Å². The van der Waals surface area contributed by atoms with Gasteiger partial charge in [0, 0.05) is 25.1 Å². The fourth-order valence-electron chi connectivity index (χ4n) is 2.34. The van der Waals surface area contributed by atoms with E-state index in [-0.39, 0.29) is 23.9 Å². The Labute approximate surface area is 151 Å². The van der Waals surface area contributed by atoms with Gasteiger partial charge in [-0.3, -0.25) is 4.79 Å². The number of rotatable bonds is 9. The summed E-state index contributed by atoms with van der Waals surface area (Å²) in [6.07, 6.45) is 0.706. The number of primary amides is 1. The maximum atomic E-state index is 13.8. The van der Waals surface area contributed by atoms with E-state index in [9.17, 15) is 9.18 Å². The molecule has 1 heterocycles. The first-order valence-corrected chi connectivity index (χ1v) is 9.04. The number of nitrogens with zero attached hydrogens (tertiary/aromatic N) is 3. The van der Waals surface area contributed by atoms with Crippen molar-refractivity contribution in [3.8, 4) is 5.75 Å². The lowest BCUT2D eigenvalue weighted by atomic mass is 10.2. The van der Waals surface area contributed by atoms with Crippen LogP contribution in [0.2, 0.25) is 0 Å². The summed E-state index contributed by atoms with van der Waals surface area (Å²) in [5.41, 5.74) is 6.06. The van der Waals surface area contributed by atoms with E-state index in [1.165, 1.54) is 24.9 Å². The SMILES string of the molecule is COc1ccc(CSc2nnc(CCC(N)=O)n2CC(C)C)cc1F. The lowest BCUT2D eigenvalue weighted by Crippen LogP contribution is -2.15. The molecule has 1 amide bonds. The number of carbonyl (C=O) groups excluding carboxylic acids is 1. The van der Waals surface area contributed by atoms with Crippen molar-refractivity contribution in [1.29, 1.82) is 0 Å². The van der Waals surface area contributed by atoms with E-state index in [1.807, 2.05) is 10.6 Å². The van der Waals surface area contributed by atoms with Crippen molar-refractivity contribution in [1.82, 2.24) is 14.8 Å². The Bertz CT molecular complexity index is 733. The van der Waals surface area contributed by atoms with Crippen LogP contribution in [0.3, 0.4) is 0 Å². The number of thioether (sulfide) groups is 1. The molecule has 0 atom stereocenters. The van der Waals surface area contributed by atoms with Gasteiger partial charge in [-0.05, 0) is 23.6 Å². The van der Waals surface area contributed by atoms with Gasteiger partial charge < -0.3 is 15.0 Å². The van der Waals surface area contributed by atoms with Gasteiger partial charge in [-0.15, -0.1) is 10.2 Å². The highest BCUT2D eigenvalue weighted by atomic mass is 32.2. The molecule has 0 saturated carbocycles. The van der Waals surface area contributed by atoms with Crippen molar-refractivity contribution in [2.24, 2.45) is 11.7 Å². The Morgan fingerprint density at radius 3 is 2.76 bits per heavy atom. The van der Waals surface area contributed by atoms with Gasteiger partial charge in [-0.1, -0.05) is 31.7 Å². The van der Waals surface area contributed by atoms with Crippen LogP contribution >= 0.6 is 11.8 Å². The van der Waals surface area contributed by atoms with Crippen molar-refractivity contribution in [3.63, 3.8) is 0 Å². The average Bonchev–Trinajstić information content (AvgIpc) is 2.92. The van der Waals surface area contributed by atoms with Crippen molar-refractivity contribution in [3.05, 3.63) is 35.4 Å². The first kappa shape index (κ1) is 19.2. The molecule has 25 heavy (non-hydrogen) atoms. The number of aromatic nitrogens is 3. The molecule has 136 valence electrons. The number of hydrogen-bond donors (Lipinski definition) is 1. The monoisotopic (exact) mass is 366 g/mol. The Hall–Kier alpha value is -2.09. The molecule has 0 fully saturated rings. The van der Waals surface area contributed by atoms with Gasteiger partial charge >= 0.3 is 0 Å². The Balaban J connectivity index is 2.12. The number of ether oxygens (including phenoxy) is 1. The molecular formula is C17H23FN4O2S. The zero-order chi connectivity index (χ0) is 18.4. The molecule has 0 spiro atoms. The summed E-state index contributed by atoms with van der Waals surface area (Å²) >= 11 is 1.49. The maximum absolute atomic E-state index is 13.8. The molecule has 0 radical (unpaired) electrons. The van der Waals surface area contributed by atoms with Crippen LogP contribution in [0.1, 0.15) is 31.7 Å². The molecule has 8 heteroatoms. The third-order valence-corrected chi connectivity index (χ3v) is 4.56. The van der Waals surface area contributed by atoms with Crippen LogP contribution in [-0.2, 0) is 23.5 Å². The Morgan fingerprint density at radius 1 is 1.40 bits per heavy atom. The Morgan fingerprint density at radius 2 is 2.16 bits per heavy atom. The second-order valence-electron chi connectivity index (χ2n) is 6.13. The van der Waals surface area contributed by atoms with Crippen molar-refractivity contribution >= 4 is 17.7 Å². The fraction of sp³-hybridized carbons (Fsp3) is 0.471. The molecule has 0 bridgehead atoms. The standard InChI is InChI=1S/C17H23FN4O2S/c1-11(2)9-22-16(7-6-15(19)23)20-21-17(22)25-10-12-4-5-14(24-3)13(18)8-12/h4-5,8,11H,6-7,9-10H2,1-3H3,(H2,19,23). The number of halogens is 1. The fourth-order valence-corrected chi connectivity index (χ4v) is 3.25. The van der Waals surface area contributed by atoms with Crippen LogP contribution in [0.25, 0.3) is 0 Å². The van der Waals surface area contributed by atoms with Gasteiger partial charge in [0.2, 0.25) is 5.91 Å². The lowest BCUT2D eigenvalue weighted by Gasteiger charge is -2.12. The predicted molar refractivity (Wildman–Crippen MR) is 94.9 cm³/mol. The van der Waals surface area contributed by atoms with Gasteiger partial charge in [0.15, 0.2) is 16.7 Å². The highest BCUT2D eigenvalue weighted by Crippen LogP contribution is 2.26. The third kappa shape index (κ3) is 5.45. The largest absolute Gasteiger partial charge is 0.494 e. The smallest absolute Gasteiger partial charge is 0.217 e. The number of benzene rings is 1. The molecule has 0 unspecified atom stereocenters. The summed E-state index contributed by atoms with van der Waals surface area (Å²) in [6, 6.07) is 4.90.